The second-order valence-corrected chi connectivity index (χ2v) is 3.42. The van der Waals surface area contributed by atoms with Gasteiger partial charge in [0.25, 0.3) is 0 Å². The molecule has 4 nitrogen and oxygen atoms in total. The van der Waals surface area contributed by atoms with Crippen molar-refractivity contribution in [1.82, 2.24) is 5.32 Å². The van der Waals surface area contributed by atoms with Crippen LogP contribution in [0.5, 0.6) is 0 Å². The molecule has 1 N–H and O–H groups in total. The van der Waals surface area contributed by atoms with Gasteiger partial charge in [0.1, 0.15) is 0 Å². The van der Waals surface area contributed by atoms with E-state index in [0.717, 1.165) is 19.3 Å². The zero-order valence-corrected chi connectivity index (χ0v) is 8.91. The summed E-state index contributed by atoms with van der Waals surface area (Å²) in [6.45, 7) is 4.36. The summed E-state index contributed by atoms with van der Waals surface area (Å²) >= 11 is 0. The van der Waals surface area contributed by atoms with Gasteiger partial charge in [-0.1, -0.05) is 6.42 Å². The lowest BCUT2D eigenvalue weighted by Crippen LogP contribution is -2.13. The molecular weight excluding hydrogens is 182 g/mol. The van der Waals surface area contributed by atoms with E-state index in [0.29, 0.717) is 19.4 Å². The lowest BCUT2D eigenvalue weighted by Gasteiger charge is -2.07. The summed E-state index contributed by atoms with van der Waals surface area (Å²) in [7, 11) is 0. The molecule has 82 valence electrons. The molecule has 0 aliphatic heterocycles. The topological polar surface area (TPSA) is 55.4 Å². The standard InChI is InChI=1S/C10H19NO3/c1-9(2)14-10(13)6-4-3-5-7-11-8-12/h8-9H,3-7H2,1-2H3,(H,11,12). The summed E-state index contributed by atoms with van der Waals surface area (Å²) < 4.78 is 4.97. The fourth-order valence-corrected chi connectivity index (χ4v) is 1.05. The van der Waals surface area contributed by atoms with E-state index in [4.69, 9.17) is 4.74 Å². The third kappa shape index (κ3) is 9.03. The molecule has 0 radical (unpaired) electrons. The van der Waals surface area contributed by atoms with Gasteiger partial charge in [-0.2, -0.15) is 0 Å². The van der Waals surface area contributed by atoms with E-state index >= 15 is 0 Å². The van der Waals surface area contributed by atoms with Gasteiger partial charge in [0.05, 0.1) is 6.10 Å². The molecule has 0 heterocycles. The number of ether oxygens (including phenoxy) is 1. The molecule has 0 aliphatic carbocycles. The molecule has 0 aromatic carbocycles. The molecule has 0 aliphatic rings. The van der Waals surface area contributed by atoms with Gasteiger partial charge in [-0.3, -0.25) is 9.59 Å². The number of hydrogen-bond donors (Lipinski definition) is 1. The Kier molecular flexibility index (Phi) is 7.89. The van der Waals surface area contributed by atoms with Crippen LogP contribution in [0.3, 0.4) is 0 Å². The lowest BCUT2D eigenvalue weighted by molar-refractivity contribution is -0.147. The Morgan fingerprint density at radius 3 is 2.64 bits per heavy atom. The Morgan fingerprint density at radius 1 is 1.36 bits per heavy atom. The van der Waals surface area contributed by atoms with Crippen LogP contribution in [0.1, 0.15) is 39.5 Å². The fourth-order valence-electron chi connectivity index (χ4n) is 1.05. The minimum absolute atomic E-state index is 0.0285. The smallest absolute Gasteiger partial charge is 0.306 e. The van der Waals surface area contributed by atoms with E-state index < -0.39 is 0 Å². The van der Waals surface area contributed by atoms with Crippen molar-refractivity contribution in [3.8, 4) is 0 Å². The average molecular weight is 201 g/mol. The monoisotopic (exact) mass is 201 g/mol. The number of unbranched alkanes of at least 4 members (excludes halogenated alkanes) is 2. The highest BCUT2D eigenvalue weighted by molar-refractivity contribution is 5.69. The number of rotatable bonds is 8. The number of amides is 1. The Bertz CT molecular complexity index is 169. The van der Waals surface area contributed by atoms with Crippen molar-refractivity contribution in [2.45, 2.75) is 45.6 Å². The van der Waals surface area contributed by atoms with Crippen molar-refractivity contribution in [2.75, 3.05) is 6.54 Å². The Balaban J connectivity index is 3.19. The molecule has 0 saturated heterocycles. The second kappa shape index (κ2) is 8.53. The molecule has 0 aromatic rings. The average Bonchev–Trinajstić information content (AvgIpc) is 2.10. The number of nitrogens with one attached hydrogen (secondary N) is 1. The Hall–Kier alpha value is -1.06. The van der Waals surface area contributed by atoms with E-state index in [1.165, 1.54) is 0 Å². The maximum absolute atomic E-state index is 11.0. The fraction of sp³-hybridized carbons (Fsp3) is 0.800. The highest BCUT2D eigenvalue weighted by Gasteiger charge is 2.03. The SMILES string of the molecule is CC(C)OC(=O)CCCCCNC=O. The van der Waals surface area contributed by atoms with E-state index in [-0.39, 0.29) is 12.1 Å². The second-order valence-electron chi connectivity index (χ2n) is 3.42. The first-order valence-corrected chi connectivity index (χ1v) is 5.03. The van der Waals surface area contributed by atoms with Gasteiger partial charge < -0.3 is 10.1 Å². The van der Waals surface area contributed by atoms with Crippen LogP contribution >= 0.6 is 0 Å². The van der Waals surface area contributed by atoms with E-state index in [1.807, 2.05) is 13.8 Å². The zero-order valence-electron chi connectivity index (χ0n) is 8.91. The predicted octanol–water partition coefficient (Wildman–Crippen LogP) is 1.24. The van der Waals surface area contributed by atoms with Crippen molar-refractivity contribution < 1.29 is 14.3 Å². The molecule has 0 saturated carbocycles. The number of carbonyl (C=O) groups is 2. The molecular formula is C10H19NO3. The molecule has 0 atom stereocenters. The number of esters is 1. The molecule has 0 bridgehead atoms. The van der Waals surface area contributed by atoms with Gasteiger partial charge in [-0.15, -0.1) is 0 Å². The normalized spacial score (nSPS) is 9.93. The van der Waals surface area contributed by atoms with Gasteiger partial charge >= 0.3 is 5.97 Å². The summed E-state index contributed by atoms with van der Waals surface area (Å²) in [6, 6.07) is 0. The van der Waals surface area contributed by atoms with E-state index in [2.05, 4.69) is 5.32 Å². The summed E-state index contributed by atoms with van der Waals surface area (Å²) in [4.78, 5) is 20.9. The summed E-state index contributed by atoms with van der Waals surface area (Å²) in [5, 5.41) is 2.57. The third-order valence-electron chi connectivity index (χ3n) is 1.65. The highest BCUT2D eigenvalue weighted by atomic mass is 16.5. The van der Waals surface area contributed by atoms with Crippen molar-refractivity contribution in [3.05, 3.63) is 0 Å². The maximum atomic E-state index is 11.0. The number of carbonyl (C=O) groups excluding carboxylic acids is 2. The summed E-state index contributed by atoms with van der Waals surface area (Å²) in [5.41, 5.74) is 0. The Labute approximate surface area is 85.0 Å². The minimum atomic E-state index is -0.136. The van der Waals surface area contributed by atoms with Crippen LogP contribution in [-0.2, 0) is 14.3 Å². The van der Waals surface area contributed by atoms with Crippen LogP contribution < -0.4 is 5.32 Å². The van der Waals surface area contributed by atoms with Crippen LogP contribution in [0.4, 0.5) is 0 Å². The van der Waals surface area contributed by atoms with Crippen LogP contribution in [0.15, 0.2) is 0 Å². The van der Waals surface area contributed by atoms with Crippen molar-refractivity contribution in [1.29, 1.82) is 0 Å². The molecule has 0 fully saturated rings. The van der Waals surface area contributed by atoms with E-state index in [1.54, 1.807) is 0 Å². The lowest BCUT2D eigenvalue weighted by atomic mass is 10.2. The van der Waals surface area contributed by atoms with Gasteiger partial charge in [-0.25, -0.2) is 0 Å². The first-order chi connectivity index (χ1) is 6.66. The molecule has 4 heteroatoms. The molecule has 14 heavy (non-hydrogen) atoms. The number of hydrogen-bond acceptors (Lipinski definition) is 3. The predicted molar refractivity (Wildman–Crippen MR) is 53.8 cm³/mol. The first kappa shape index (κ1) is 12.9. The van der Waals surface area contributed by atoms with Crippen molar-refractivity contribution in [2.24, 2.45) is 0 Å². The molecule has 0 aromatic heterocycles. The van der Waals surface area contributed by atoms with Crippen LogP contribution in [-0.4, -0.2) is 25.0 Å². The van der Waals surface area contributed by atoms with Gasteiger partial charge in [0, 0.05) is 13.0 Å². The molecule has 0 rings (SSSR count). The van der Waals surface area contributed by atoms with Crippen LogP contribution in [0.25, 0.3) is 0 Å². The maximum Gasteiger partial charge on any atom is 0.306 e. The zero-order chi connectivity index (χ0) is 10.8. The largest absolute Gasteiger partial charge is 0.463 e. The molecule has 1 amide bonds. The van der Waals surface area contributed by atoms with E-state index in [9.17, 15) is 9.59 Å². The first-order valence-electron chi connectivity index (χ1n) is 5.03. The van der Waals surface area contributed by atoms with Crippen LogP contribution in [0, 0.1) is 0 Å². The van der Waals surface area contributed by atoms with Crippen molar-refractivity contribution in [3.63, 3.8) is 0 Å². The quantitative estimate of drug-likeness (QED) is 0.365. The van der Waals surface area contributed by atoms with Crippen molar-refractivity contribution >= 4 is 12.4 Å². The third-order valence-corrected chi connectivity index (χ3v) is 1.65. The Morgan fingerprint density at radius 2 is 2.07 bits per heavy atom. The van der Waals surface area contributed by atoms with Gasteiger partial charge in [0.2, 0.25) is 6.41 Å². The summed E-state index contributed by atoms with van der Waals surface area (Å²) in [6.07, 6.45) is 3.80. The molecule has 0 unspecified atom stereocenters. The summed E-state index contributed by atoms with van der Waals surface area (Å²) in [5.74, 6) is -0.136. The van der Waals surface area contributed by atoms with Crippen LogP contribution in [0.2, 0.25) is 0 Å². The van der Waals surface area contributed by atoms with Gasteiger partial charge in [0.15, 0.2) is 0 Å². The highest BCUT2D eigenvalue weighted by Crippen LogP contribution is 2.02. The van der Waals surface area contributed by atoms with Gasteiger partial charge in [-0.05, 0) is 26.7 Å². The molecule has 0 spiro atoms. The minimum Gasteiger partial charge on any atom is -0.463 e.